The number of aromatic amines is 2. The number of aromatic nitrogens is 5. The van der Waals surface area contributed by atoms with Crippen molar-refractivity contribution in [1.29, 1.82) is 0 Å². The second-order valence-electron chi connectivity index (χ2n) is 7.15. The third-order valence-electron chi connectivity index (χ3n) is 5.28. The lowest BCUT2D eigenvalue weighted by Gasteiger charge is -2.06. The van der Waals surface area contributed by atoms with Crippen LogP contribution in [0.5, 0.6) is 0 Å². The molecule has 0 spiro atoms. The molecular weight excluding hydrogens is 378 g/mol. The zero-order valence-corrected chi connectivity index (χ0v) is 16.3. The Morgan fingerprint density at radius 1 is 0.967 bits per heavy atom. The maximum absolute atomic E-state index is 12.8. The fraction of sp³-hybridized carbons (Fsp3) is 0.130. The van der Waals surface area contributed by atoms with Gasteiger partial charge in [0.25, 0.3) is 11.1 Å². The van der Waals surface area contributed by atoms with E-state index in [4.69, 9.17) is 4.98 Å². The molecule has 5 rings (SSSR count). The SMILES string of the molecule is CCc1[nH]n2c(=O)cc(Cc3n[nH]c(=O)c4ccccc34)nc2c1-c1ccccc1. The summed E-state index contributed by atoms with van der Waals surface area (Å²) in [4.78, 5) is 29.7. The van der Waals surface area contributed by atoms with Crippen molar-refractivity contribution in [2.45, 2.75) is 19.8 Å². The highest BCUT2D eigenvalue weighted by Crippen LogP contribution is 2.27. The highest BCUT2D eigenvalue weighted by atomic mass is 16.1. The Balaban J connectivity index is 1.70. The molecule has 0 unspecified atom stereocenters. The lowest BCUT2D eigenvalue weighted by molar-refractivity contribution is 0.841. The summed E-state index contributed by atoms with van der Waals surface area (Å²) < 4.78 is 1.49. The van der Waals surface area contributed by atoms with Crippen LogP contribution in [0.15, 0.2) is 70.3 Å². The first-order chi connectivity index (χ1) is 14.7. The fourth-order valence-electron chi connectivity index (χ4n) is 3.86. The van der Waals surface area contributed by atoms with Crippen molar-refractivity contribution < 1.29 is 0 Å². The van der Waals surface area contributed by atoms with E-state index in [1.807, 2.05) is 55.5 Å². The molecule has 30 heavy (non-hydrogen) atoms. The summed E-state index contributed by atoms with van der Waals surface area (Å²) in [5.74, 6) is 0. The number of aryl methyl sites for hydroxylation is 1. The molecule has 0 atom stereocenters. The third kappa shape index (κ3) is 2.91. The topological polar surface area (TPSA) is 95.9 Å². The lowest BCUT2D eigenvalue weighted by Crippen LogP contribution is -2.17. The van der Waals surface area contributed by atoms with Gasteiger partial charge < -0.3 is 0 Å². The zero-order valence-electron chi connectivity index (χ0n) is 16.3. The summed E-state index contributed by atoms with van der Waals surface area (Å²) >= 11 is 0. The summed E-state index contributed by atoms with van der Waals surface area (Å²) in [5.41, 5.74) is 4.34. The molecule has 0 bridgehead atoms. The van der Waals surface area contributed by atoms with Crippen molar-refractivity contribution in [2.75, 3.05) is 0 Å². The van der Waals surface area contributed by atoms with Crippen molar-refractivity contribution in [3.8, 4) is 11.1 Å². The second kappa shape index (κ2) is 7.11. The van der Waals surface area contributed by atoms with E-state index in [9.17, 15) is 9.59 Å². The highest BCUT2D eigenvalue weighted by Gasteiger charge is 2.17. The van der Waals surface area contributed by atoms with Gasteiger partial charge in [0.15, 0.2) is 5.65 Å². The molecule has 5 aromatic rings. The minimum absolute atomic E-state index is 0.180. The minimum Gasteiger partial charge on any atom is -0.293 e. The van der Waals surface area contributed by atoms with Crippen LogP contribution in [0.1, 0.15) is 24.0 Å². The lowest BCUT2D eigenvalue weighted by atomic mass is 10.0. The number of fused-ring (bicyclic) bond motifs is 2. The minimum atomic E-state index is -0.234. The van der Waals surface area contributed by atoms with Crippen LogP contribution in [0.3, 0.4) is 0 Å². The molecule has 2 aromatic carbocycles. The molecule has 3 heterocycles. The molecule has 0 saturated heterocycles. The van der Waals surface area contributed by atoms with Gasteiger partial charge in [-0.1, -0.05) is 55.5 Å². The molecule has 0 radical (unpaired) electrons. The van der Waals surface area contributed by atoms with E-state index in [1.54, 1.807) is 6.07 Å². The molecule has 3 aromatic heterocycles. The van der Waals surface area contributed by atoms with E-state index < -0.39 is 0 Å². The summed E-state index contributed by atoms with van der Waals surface area (Å²) in [6.45, 7) is 2.04. The first-order valence-corrected chi connectivity index (χ1v) is 9.81. The quantitative estimate of drug-likeness (QED) is 0.487. The van der Waals surface area contributed by atoms with Crippen molar-refractivity contribution in [1.82, 2.24) is 24.8 Å². The molecular formula is C23H19N5O2. The smallest absolute Gasteiger partial charge is 0.272 e. The number of hydrogen-bond acceptors (Lipinski definition) is 4. The Morgan fingerprint density at radius 2 is 1.70 bits per heavy atom. The number of hydrogen-bond donors (Lipinski definition) is 2. The van der Waals surface area contributed by atoms with Crippen LogP contribution in [0, 0.1) is 0 Å². The number of H-pyrrole nitrogens is 2. The number of nitrogens with one attached hydrogen (secondary N) is 2. The maximum Gasteiger partial charge on any atom is 0.272 e. The van der Waals surface area contributed by atoms with Crippen LogP contribution in [-0.4, -0.2) is 24.8 Å². The first kappa shape index (κ1) is 18.1. The fourth-order valence-corrected chi connectivity index (χ4v) is 3.86. The molecule has 148 valence electrons. The van der Waals surface area contributed by atoms with E-state index in [0.29, 0.717) is 28.8 Å². The number of nitrogens with zero attached hydrogens (tertiary/aromatic N) is 3. The van der Waals surface area contributed by atoms with Gasteiger partial charge in [-0.25, -0.2) is 14.6 Å². The standard InChI is InChI=1S/C23H19N5O2/c1-2-18-21(14-8-4-3-5-9-14)22-24-15(13-20(29)28(22)27-18)12-19-16-10-6-7-11-17(16)23(30)26-25-19/h3-11,13,27H,2,12H2,1H3,(H,26,30). The zero-order chi connectivity index (χ0) is 20.7. The van der Waals surface area contributed by atoms with Gasteiger partial charge in [0.05, 0.1) is 16.8 Å². The molecule has 0 amide bonds. The Morgan fingerprint density at radius 3 is 2.47 bits per heavy atom. The van der Waals surface area contributed by atoms with Gasteiger partial charge in [-0.15, -0.1) is 0 Å². The van der Waals surface area contributed by atoms with Crippen LogP contribution in [-0.2, 0) is 12.8 Å². The van der Waals surface area contributed by atoms with Crippen LogP contribution in [0.2, 0.25) is 0 Å². The summed E-state index contributed by atoms with van der Waals surface area (Å²) in [6, 6.07) is 18.7. The van der Waals surface area contributed by atoms with Crippen LogP contribution >= 0.6 is 0 Å². The van der Waals surface area contributed by atoms with E-state index in [0.717, 1.165) is 28.6 Å². The third-order valence-corrected chi connectivity index (χ3v) is 5.28. The second-order valence-corrected chi connectivity index (χ2v) is 7.15. The average molecular weight is 397 g/mol. The van der Waals surface area contributed by atoms with Crippen LogP contribution in [0.4, 0.5) is 0 Å². The van der Waals surface area contributed by atoms with Crippen molar-refractivity contribution in [2.24, 2.45) is 0 Å². The monoisotopic (exact) mass is 397 g/mol. The predicted molar refractivity (Wildman–Crippen MR) is 116 cm³/mol. The first-order valence-electron chi connectivity index (χ1n) is 9.81. The molecule has 0 saturated carbocycles. The van der Waals surface area contributed by atoms with Crippen LogP contribution in [0.25, 0.3) is 27.5 Å². The van der Waals surface area contributed by atoms with Crippen molar-refractivity contribution in [3.63, 3.8) is 0 Å². The Labute approximate surface area is 171 Å². The predicted octanol–water partition coefficient (Wildman–Crippen LogP) is 3.08. The van der Waals surface area contributed by atoms with E-state index in [1.165, 1.54) is 10.6 Å². The van der Waals surface area contributed by atoms with Gasteiger partial charge in [-0.3, -0.25) is 14.7 Å². The molecule has 7 heteroatoms. The van der Waals surface area contributed by atoms with E-state index in [-0.39, 0.29) is 11.1 Å². The van der Waals surface area contributed by atoms with Crippen LogP contribution < -0.4 is 11.1 Å². The summed E-state index contributed by atoms with van der Waals surface area (Å²) in [6.07, 6.45) is 1.08. The largest absolute Gasteiger partial charge is 0.293 e. The van der Waals surface area contributed by atoms with Gasteiger partial charge in [0, 0.05) is 29.1 Å². The Hall–Kier alpha value is -4.00. The molecule has 0 aliphatic carbocycles. The van der Waals surface area contributed by atoms with Gasteiger partial charge in [0.2, 0.25) is 0 Å². The summed E-state index contributed by atoms with van der Waals surface area (Å²) in [7, 11) is 0. The Kier molecular flexibility index (Phi) is 4.28. The molecule has 7 nitrogen and oxygen atoms in total. The number of benzene rings is 2. The molecule has 2 N–H and O–H groups in total. The van der Waals surface area contributed by atoms with Gasteiger partial charge >= 0.3 is 0 Å². The number of rotatable bonds is 4. The summed E-state index contributed by atoms with van der Waals surface area (Å²) in [5, 5.41) is 11.3. The highest BCUT2D eigenvalue weighted by molar-refractivity contribution is 5.84. The van der Waals surface area contributed by atoms with Gasteiger partial charge in [-0.2, -0.15) is 5.10 Å². The van der Waals surface area contributed by atoms with Gasteiger partial charge in [-0.05, 0) is 18.1 Å². The molecule has 0 fully saturated rings. The average Bonchev–Trinajstić information content (AvgIpc) is 3.16. The normalized spacial score (nSPS) is 11.4. The molecule has 0 aliphatic heterocycles. The Bertz CT molecular complexity index is 1500. The van der Waals surface area contributed by atoms with Crippen molar-refractivity contribution >= 4 is 16.4 Å². The van der Waals surface area contributed by atoms with Gasteiger partial charge in [0.1, 0.15) is 0 Å². The van der Waals surface area contributed by atoms with Crippen molar-refractivity contribution in [3.05, 3.63) is 98.5 Å². The van der Waals surface area contributed by atoms with E-state index in [2.05, 4.69) is 15.3 Å². The maximum atomic E-state index is 12.8. The van der Waals surface area contributed by atoms with E-state index >= 15 is 0 Å². The molecule has 0 aliphatic rings.